The summed E-state index contributed by atoms with van der Waals surface area (Å²) in [7, 11) is -1.05. The van der Waals surface area contributed by atoms with Gasteiger partial charge in [-0.2, -0.15) is 0 Å². The Bertz CT molecular complexity index is 906. The Balaban J connectivity index is 1.98. The predicted octanol–water partition coefficient (Wildman–Crippen LogP) is 5.60. The molecule has 0 aliphatic heterocycles. The first-order valence-electron chi connectivity index (χ1n) is 7.15. The molecule has 0 aliphatic carbocycles. The van der Waals surface area contributed by atoms with Gasteiger partial charge in [-0.3, -0.25) is 0 Å². The molecular formula is C18H15N2OP. The fourth-order valence-electron chi connectivity index (χ4n) is 2.51. The Morgan fingerprint density at radius 2 is 1.09 bits per heavy atom. The van der Waals surface area contributed by atoms with Gasteiger partial charge in [0.25, 0.3) is 0 Å². The van der Waals surface area contributed by atoms with Gasteiger partial charge in [0.2, 0.25) is 8.08 Å². The predicted molar refractivity (Wildman–Crippen MR) is 93.0 cm³/mol. The zero-order valence-electron chi connectivity index (χ0n) is 11.9. The minimum Gasteiger partial charge on any atom is -0.418 e. The number of aromatic nitrogens is 2. The fourth-order valence-corrected chi connectivity index (χ4v) is 3.82. The lowest BCUT2D eigenvalue weighted by Crippen LogP contribution is -1.82. The molecule has 0 amide bonds. The third-order valence-electron chi connectivity index (χ3n) is 3.53. The molecule has 3 nitrogen and oxygen atoms in total. The molecule has 0 bridgehead atoms. The van der Waals surface area contributed by atoms with Gasteiger partial charge in [0.15, 0.2) is 0 Å². The lowest BCUT2D eigenvalue weighted by Gasteiger charge is -2.03. The van der Waals surface area contributed by atoms with Gasteiger partial charge in [-0.15, -0.1) is 0 Å². The van der Waals surface area contributed by atoms with E-state index in [4.69, 9.17) is 4.52 Å². The number of benzene rings is 3. The van der Waals surface area contributed by atoms with Crippen molar-refractivity contribution >= 4 is 29.9 Å². The fraction of sp³-hybridized carbons (Fsp3) is 0. The van der Waals surface area contributed by atoms with Crippen molar-refractivity contribution in [2.75, 3.05) is 0 Å². The van der Waals surface area contributed by atoms with Crippen LogP contribution in [-0.4, -0.2) is 9.49 Å². The van der Waals surface area contributed by atoms with Crippen molar-refractivity contribution in [1.82, 2.24) is 9.49 Å². The largest absolute Gasteiger partial charge is 0.418 e. The minimum absolute atomic E-state index is 0.852. The van der Waals surface area contributed by atoms with Gasteiger partial charge in [0.1, 0.15) is 5.75 Å². The van der Waals surface area contributed by atoms with E-state index in [1.54, 1.807) is 0 Å². The summed E-state index contributed by atoms with van der Waals surface area (Å²) >= 11 is 0. The van der Waals surface area contributed by atoms with Crippen LogP contribution in [0.2, 0.25) is 0 Å². The molecule has 0 unspecified atom stereocenters. The summed E-state index contributed by atoms with van der Waals surface area (Å²) in [4.78, 5) is 0. The molecule has 0 saturated heterocycles. The number of aromatic amines is 2. The highest BCUT2D eigenvalue weighted by atomic mass is 31.1. The molecule has 4 rings (SSSR count). The van der Waals surface area contributed by atoms with E-state index in [9.17, 15) is 0 Å². The summed E-state index contributed by atoms with van der Waals surface area (Å²) in [6.07, 6.45) is 0. The van der Waals surface area contributed by atoms with Crippen molar-refractivity contribution < 1.29 is 4.52 Å². The van der Waals surface area contributed by atoms with E-state index in [-0.39, 0.29) is 0 Å². The van der Waals surface area contributed by atoms with Gasteiger partial charge in [-0.05, 0) is 24.3 Å². The molecule has 22 heavy (non-hydrogen) atoms. The molecule has 3 aromatic carbocycles. The van der Waals surface area contributed by atoms with E-state index < -0.39 is 8.08 Å². The summed E-state index contributed by atoms with van der Waals surface area (Å²) in [5, 5.41) is 2.37. The normalized spacial score (nSPS) is 10.7. The summed E-state index contributed by atoms with van der Waals surface area (Å²) in [5.74, 6) is 0.852. The number of H-pyrrole nitrogens is 2. The molecule has 0 aliphatic rings. The van der Waals surface area contributed by atoms with Gasteiger partial charge in [-0.1, -0.05) is 54.6 Å². The van der Waals surface area contributed by atoms with Crippen LogP contribution in [0.15, 0.2) is 78.9 Å². The smallest absolute Gasteiger partial charge is 0.230 e. The highest BCUT2D eigenvalue weighted by Gasteiger charge is 2.02. The number of para-hydroxylation sites is 3. The van der Waals surface area contributed by atoms with Crippen LogP contribution in [0.25, 0.3) is 21.8 Å². The average molecular weight is 306 g/mol. The lowest BCUT2D eigenvalue weighted by atomic mass is 10.1. The second-order valence-electron chi connectivity index (χ2n) is 5.01. The van der Waals surface area contributed by atoms with Gasteiger partial charge in [-0.25, -0.2) is 0 Å². The zero-order valence-corrected chi connectivity index (χ0v) is 12.8. The van der Waals surface area contributed by atoms with E-state index in [1.807, 2.05) is 42.5 Å². The molecule has 108 valence electrons. The van der Waals surface area contributed by atoms with Crippen molar-refractivity contribution in [3.8, 4) is 5.75 Å². The third kappa shape index (κ3) is 2.47. The molecule has 1 heterocycles. The van der Waals surface area contributed by atoms with E-state index in [2.05, 4.69) is 45.9 Å². The van der Waals surface area contributed by atoms with Crippen LogP contribution < -0.4 is 4.52 Å². The first-order chi connectivity index (χ1) is 10.9. The number of hydrogen-bond donors (Lipinski definition) is 2. The van der Waals surface area contributed by atoms with Crippen LogP contribution in [0, 0.1) is 0 Å². The van der Waals surface area contributed by atoms with E-state index >= 15 is 0 Å². The minimum atomic E-state index is -1.05. The standard InChI is InChI=1S/C18H15N2OP/c1-2-8-14(9-3-1)21-22-19-17-12-6-4-10-15(17)16-11-5-7-13-18(16)20-22/h1-13,19-20H. The van der Waals surface area contributed by atoms with Crippen LogP contribution in [-0.2, 0) is 0 Å². The van der Waals surface area contributed by atoms with Gasteiger partial charge < -0.3 is 14.0 Å². The quantitative estimate of drug-likeness (QED) is 0.497. The van der Waals surface area contributed by atoms with Crippen LogP contribution in [0.5, 0.6) is 5.75 Å². The summed E-state index contributed by atoms with van der Waals surface area (Å²) in [6, 6.07) is 26.5. The van der Waals surface area contributed by atoms with E-state index in [0.717, 1.165) is 16.8 Å². The maximum absolute atomic E-state index is 6.09. The average Bonchev–Trinajstić information content (AvgIpc) is 2.72. The highest BCUT2D eigenvalue weighted by Crippen LogP contribution is 2.30. The van der Waals surface area contributed by atoms with Crippen LogP contribution in [0.3, 0.4) is 0 Å². The lowest BCUT2D eigenvalue weighted by molar-refractivity contribution is 0.622. The number of nitrogens with one attached hydrogen (secondary N) is 2. The zero-order chi connectivity index (χ0) is 14.8. The molecule has 4 heteroatoms. The molecular weight excluding hydrogens is 291 g/mol. The second kappa shape index (κ2) is 5.63. The van der Waals surface area contributed by atoms with Crippen molar-refractivity contribution in [3.63, 3.8) is 0 Å². The van der Waals surface area contributed by atoms with Gasteiger partial charge in [0.05, 0.1) is 11.0 Å². The van der Waals surface area contributed by atoms with E-state index in [0.29, 0.717) is 0 Å². The van der Waals surface area contributed by atoms with Crippen LogP contribution >= 0.6 is 8.08 Å². The SMILES string of the molecule is c1ccc(Op2[nH]c3ccccc3c3ccccc3[nH]2)cc1. The van der Waals surface area contributed by atoms with Crippen molar-refractivity contribution in [1.29, 1.82) is 0 Å². The van der Waals surface area contributed by atoms with Crippen molar-refractivity contribution in [2.45, 2.75) is 0 Å². The van der Waals surface area contributed by atoms with Gasteiger partial charge >= 0.3 is 0 Å². The molecule has 1 aromatic heterocycles. The van der Waals surface area contributed by atoms with Crippen molar-refractivity contribution in [3.05, 3.63) is 78.9 Å². The summed E-state index contributed by atoms with van der Waals surface area (Å²) in [6.45, 7) is 0. The number of fused-ring (bicyclic) bond motifs is 3. The molecule has 0 fully saturated rings. The first kappa shape index (κ1) is 13.1. The molecule has 2 N–H and O–H groups in total. The molecule has 0 spiro atoms. The van der Waals surface area contributed by atoms with E-state index in [1.165, 1.54) is 10.8 Å². The molecule has 0 radical (unpaired) electrons. The van der Waals surface area contributed by atoms with Crippen LogP contribution in [0.1, 0.15) is 0 Å². The third-order valence-corrected chi connectivity index (χ3v) is 4.81. The maximum atomic E-state index is 6.09. The number of hydrogen-bond acceptors (Lipinski definition) is 1. The van der Waals surface area contributed by atoms with Crippen molar-refractivity contribution in [2.24, 2.45) is 0 Å². The van der Waals surface area contributed by atoms with Gasteiger partial charge in [0, 0.05) is 10.8 Å². The number of rotatable bonds is 2. The Kier molecular flexibility index (Phi) is 3.34. The maximum Gasteiger partial charge on any atom is 0.230 e. The second-order valence-corrected chi connectivity index (χ2v) is 6.23. The Morgan fingerprint density at radius 1 is 0.591 bits per heavy atom. The molecule has 0 saturated carbocycles. The van der Waals surface area contributed by atoms with Crippen LogP contribution in [0.4, 0.5) is 0 Å². The summed E-state index contributed by atoms with van der Waals surface area (Å²) in [5.41, 5.74) is 2.17. The molecule has 4 aromatic rings. The summed E-state index contributed by atoms with van der Waals surface area (Å²) < 4.78 is 13.1. The Labute approximate surface area is 129 Å². The monoisotopic (exact) mass is 306 g/mol. The first-order valence-corrected chi connectivity index (χ1v) is 8.41. The Morgan fingerprint density at radius 3 is 1.68 bits per heavy atom. The topological polar surface area (TPSA) is 40.8 Å². The molecule has 0 atom stereocenters. The Hall–Kier alpha value is -2.64. The highest BCUT2D eigenvalue weighted by molar-refractivity contribution is 7.36.